The summed E-state index contributed by atoms with van der Waals surface area (Å²) in [5.41, 5.74) is -0.0728. The highest BCUT2D eigenvalue weighted by Crippen LogP contribution is 2.33. The number of carbonyl (C=O) groups is 1. The van der Waals surface area contributed by atoms with Crippen LogP contribution in [0.5, 0.6) is 11.6 Å². The van der Waals surface area contributed by atoms with Crippen molar-refractivity contribution in [3.05, 3.63) is 17.3 Å². The third-order valence-electron chi connectivity index (χ3n) is 2.08. The Morgan fingerprint density at radius 1 is 1.50 bits per heavy atom. The molecule has 20 heavy (non-hydrogen) atoms. The topological polar surface area (TPSA) is 68.7 Å². The quantitative estimate of drug-likeness (QED) is 0.668. The van der Waals surface area contributed by atoms with Crippen LogP contribution in [0.1, 0.15) is 18.2 Å². The van der Waals surface area contributed by atoms with Crippen molar-refractivity contribution in [2.45, 2.75) is 25.6 Å². The zero-order valence-electron chi connectivity index (χ0n) is 10.3. The highest BCUT2D eigenvalue weighted by atomic mass is 35.5. The van der Waals surface area contributed by atoms with Gasteiger partial charge in [0.25, 0.3) is 5.88 Å². The number of pyridine rings is 1. The number of esters is 1. The van der Waals surface area contributed by atoms with Crippen molar-refractivity contribution in [1.29, 1.82) is 0 Å². The van der Waals surface area contributed by atoms with Gasteiger partial charge < -0.3 is 14.6 Å². The number of hydrogen-bond acceptors (Lipinski definition) is 5. The van der Waals surface area contributed by atoms with Crippen molar-refractivity contribution in [1.82, 2.24) is 4.98 Å². The molecule has 0 spiro atoms. The summed E-state index contributed by atoms with van der Waals surface area (Å²) < 4.78 is 44.8. The molecule has 0 unspecified atom stereocenters. The maximum absolute atomic E-state index is 12.2. The van der Waals surface area contributed by atoms with Gasteiger partial charge in [-0.15, -0.1) is 24.8 Å². The van der Waals surface area contributed by atoms with Gasteiger partial charge in [-0.05, 0) is 13.0 Å². The predicted octanol–water partition coefficient (Wildman–Crippen LogP) is 2.53. The average molecular weight is 314 g/mol. The number of hydrogen-bond donors (Lipinski definition) is 1. The van der Waals surface area contributed by atoms with Gasteiger partial charge in [-0.2, -0.15) is 0 Å². The standard InChI is InChI=1S/C11H11ClF3NO4/c1-2-19-8(17)4-7-3-6(5-12)9(18)10(16-7)20-11(13,14)15/h3,18H,2,4-5H2,1H3. The molecule has 1 aromatic heterocycles. The van der Waals surface area contributed by atoms with E-state index >= 15 is 0 Å². The van der Waals surface area contributed by atoms with Crippen molar-refractivity contribution in [3.63, 3.8) is 0 Å². The fourth-order valence-electron chi connectivity index (χ4n) is 1.36. The third-order valence-corrected chi connectivity index (χ3v) is 2.37. The third kappa shape index (κ3) is 4.76. The van der Waals surface area contributed by atoms with E-state index in [1.807, 2.05) is 0 Å². The summed E-state index contributed by atoms with van der Waals surface area (Å²) >= 11 is 5.50. The lowest BCUT2D eigenvalue weighted by atomic mass is 10.2. The molecule has 1 heterocycles. The van der Waals surface area contributed by atoms with E-state index in [0.29, 0.717) is 0 Å². The Hall–Kier alpha value is -1.70. The molecule has 112 valence electrons. The largest absolute Gasteiger partial charge is 0.574 e. The van der Waals surface area contributed by atoms with Gasteiger partial charge in [0.15, 0.2) is 5.75 Å². The fourth-order valence-corrected chi connectivity index (χ4v) is 1.56. The molecule has 0 amide bonds. The van der Waals surface area contributed by atoms with Crippen molar-refractivity contribution in [3.8, 4) is 11.6 Å². The van der Waals surface area contributed by atoms with Gasteiger partial charge in [0.2, 0.25) is 0 Å². The minimum atomic E-state index is -5.02. The second kappa shape index (κ2) is 6.65. The minimum absolute atomic E-state index is 0.0276. The molecule has 0 saturated heterocycles. The molecule has 0 atom stereocenters. The van der Waals surface area contributed by atoms with Gasteiger partial charge in [0.05, 0.1) is 24.6 Å². The molecule has 0 radical (unpaired) electrons. The lowest BCUT2D eigenvalue weighted by Gasteiger charge is -2.13. The predicted molar refractivity (Wildman–Crippen MR) is 62.5 cm³/mol. The van der Waals surface area contributed by atoms with E-state index in [1.165, 1.54) is 6.07 Å². The number of halogens is 4. The van der Waals surface area contributed by atoms with Crippen LogP contribution in [-0.4, -0.2) is 29.0 Å². The smallest absolute Gasteiger partial charge is 0.503 e. The molecular weight excluding hydrogens is 303 g/mol. The number of aromatic nitrogens is 1. The van der Waals surface area contributed by atoms with Crippen LogP contribution in [0.4, 0.5) is 13.2 Å². The van der Waals surface area contributed by atoms with Crippen molar-refractivity contribution in [2.24, 2.45) is 0 Å². The highest BCUT2D eigenvalue weighted by molar-refractivity contribution is 6.17. The molecule has 1 rings (SSSR count). The maximum Gasteiger partial charge on any atom is 0.574 e. The highest BCUT2D eigenvalue weighted by Gasteiger charge is 2.34. The van der Waals surface area contributed by atoms with Crippen LogP contribution in [-0.2, 0) is 21.8 Å². The van der Waals surface area contributed by atoms with Gasteiger partial charge in [0.1, 0.15) is 0 Å². The van der Waals surface area contributed by atoms with Crippen molar-refractivity contribution < 1.29 is 32.5 Å². The molecule has 0 aliphatic heterocycles. The van der Waals surface area contributed by atoms with E-state index in [9.17, 15) is 23.1 Å². The number of rotatable bonds is 5. The first-order valence-corrected chi connectivity index (χ1v) is 5.99. The molecule has 1 aromatic rings. The van der Waals surface area contributed by atoms with Gasteiger partial charge in [-0.1, -0.05) is 0 Å². The fraction of sp³-hybridized carbons (Fsp3) is 0.455. The number of alkyl halides is 4. The van der Waals surface area contributed by atoms with E-state index in [-0.39, 0.29) is 30.2 Å². The first-order chi connectivity index (χ1) is 9.26. The number of aromatic hydroxyl groups is 1. The molecule has 0 aromatic carbocycles. The summed E-state index contributed by atoms with van der Waals surface area (Å²) in [5.74, 6) is -2.79. The summed E-state index contributed by atoms with van der Waals surface area (Å²) in [4.78, 5) is 14.7. The first-order valence-electron chi connectivity index (χ1n) is 5.46. The van der Waals surface area contributed by atoms with Crippen LogP contribution in [0.2, 0.25) is 0 Å². The number of nitrogens with zero attached hydrogens (tertiary/aromatic N) is 1. The Kier molecular flexibility index (Phi) is 5.43. The molecule has 0 bridgehead atoms. The Bertz CT molecular complexity index is 493. The van der Waals surface area contributed by atoms with E-state index in [2.05, 4.69) is 14.5 Å². The summed E-state index contributed by atoms with van der Waals surface area (Å²) in [6, 6.07) is 1.21. The Balaban J connectivity index is 3.08. The van der Waals surface area contributed by atoms with E-state index in [1.54, 1.807) is 6.92 Å². The van der Waals surface area contributed by atoms with E-state index in [4.69, 9.17) is 11.6 Å². The van der Waals surface area contributed by atoms with Crippen LogP contribution in [0.15, 0.2) is 6.07 Å². The van der Waals surface area contributed by atoms with Gasteiger partial charge >= 0.3 is 12.3 Å². The summed E-state index contributed by atoms with van der Waals surface area (Å²) in [7, 11) is 0. The number of ether oxygens (including phenoxy) is 2. The lowest BCUT2D eigenvalue weighted by Crippen LogP contribution is -2.19. The Labute approximate surface area is 117 Å². The van der Waals surface area contributed by atoms with E-state index in [0.717, 1.165) is 0 Å². The summed E-state index contributed by atoms with van der Waals surface area (Å²) in [6.45, 7) is 1.72. The molecule has 0 fully saturated rings. The van der Waals surface area contributed by atoms with Crippen molar-refractivity contribution in [2.75, 3.05) is 6.61 Å². The molecule has 5 nitrogen and oxygen atoms in total. The molecule has 0 saturated carbocycles. The maximum atomic E-state index is 12.2. The van der Waals surface area contributed by atoms with Gasteiger partial charge in [-0.25, -0.2) is 4.98 Å². The second-order valence-electron chi connectivity index (χ2n) is 3.59. The van der Waals surface area contributed by atoms with Crippen LogP contribution in [0.25, 0.3) is 0 Å². The summed E-state index contributed by atoms with van der Waals surface area (Å²) in [6.07, 6.45) is -5.37. The monoisotopic (exact) mass is 313 g/mol. The van der Waals surface area contributed by atoms with Gasteiger partial charge in [-0.3, -0.25) is 4.79 Å². The summed E-state index contributed by atoms with van der Waals surface area (Å²) in [5, 5.41) is 9.53. The molecule has 0 aliphatic rings. The SMILES string of the molecule is CCOC(=O)Cc1cc(CCl)c(O)c(OC(F)(F)F)n1. The Morgan fingerprint density at radius 3 is 2.65 bits per heavy atom. The molecule has 0 aliphatic carbocycles. The number of carbonyl (C=O) groups excluding carboxylic acids is 1. The van der Waals surface area contributed by atoms with E-state index < -0.39 is 24.0 Å². The van der Waals surface area contributed by atoms with Crippen LogP contribution in [0, 0.1) is 0 Å². The first kappa shape index (κ1) is 16.4. The molecule has 1 N–H and O–H groups in total. The lowest BCUT2D eigenvalue weighted by molar-refractivity contribution is -0.276. The van der Waals surface area contributed by atoms with Crippen LogP contribution in [0.3, 0.4) is 0 Å². The molecular formula is C11H11ClF3NO4. The average Bonchev–Trinajstić information content (AvgIpc) is 2.31. The van der Waals surface area contributed by atoms with Crippen LogP contribution >= 0.6 is 11.6 Å². The second-order valence-corrected chi connectivity index (χ2v) is 3.86. The van der Waals surface area contributed by atoms with Gasteiger partial charge in [0, 0.05) is 5.56 Å². The van der Waals surface area contributed by atoms with Crippen LogP contribution < -0.4 is 4.74 Å². The molecule has 9 heteroatoms. The zero-order valence-corrected chi connectivity index (χ0v) is 11.1. The zero-order chi connectivity index (χ0) is 15.3. The normalized spacial score (nSPS) is 11.2. The minimum Gasteiger partial charge on any atom is -0.503 e. The Morgan fingerprint density at radius 2 is 2.15 bits per heavy atom. The van der Waals surface area contributed by atoms with Crippen molar-refractivity contribution >= 4 is 17.6 Å².